The Morgan fingerprint density at radius 3 is 2.76 bits per heavy atom. The van der Waals surface area contributed by atoms with Crippen molar-refractivity contribution in [2.45, 2.75) is 32.2 Å². The monoisotopic (exact) mass is 233 g/mol. The van der Waals surface area contributed by atoms with Gasteiger partial charge in [0.25, 0.3) is 0 Å². The average Bonchev–Trinajstić information content (AvgIpc) is 2.23. The SMILES string of the molecule is CC(C)C(NCC1Cc2ccccc21)C(=O)O. The second-order valence-corrected chi connectivity index (χ2v) is 5.07. The van der Waals surface area contributed by atoms with E-state index in [1.54, 1.807) is 0 Å². The highest BCUT2D eigenvalue weighted by molar-refractivity contribution is 5.73. The lowest BCUT2D eigenvalue weighted by Gasteiger charge is -2.31. The zero-order chi connectivity index (χ0) is 12.4. The van der Waals surface area contributed by atoms with Gasteiger partial charge >= 0.3 is 5.97 Å². The predicted molar refractivity (Wildman–Crippen MR) is 67.2 cm³/mol. The first-order valence-corrected chi connectivity index (χ1v) is 6.13. The standard InChI is InChI=1S/C14H19NO2/c1-9(2)13(14(16)17)15-8-11-7-10-5-3-4-6-12(10)11/h3-6,9,11,13,15H,7-8H2,1-2H3,(H,16,17). The zero-order valence-corrected chi connectivity index (χ0v) is 10.3. The fourth-order valence-corrected chi connectivity index (χ4v) is 2.42. The van der Waals surface area contributed by atoms with E-state index in [0.29, 0.717) is 5.92 Å². The number of hydrogen-bond donors (Lipinski definition) is 2. The molecule has 1 aromatic carbocycles. The first-order valence-electron chi connectivity index (χ1n) is 6.13. The van der Waals surface area contributed by atoms with E-state index in [1.807, 2.05) is 19.9 Å². The summed E-state index contributed by atoms with van der Waals surface area (Å²) in [5.74, 6) is -0.165. The van der Waals surface area contributed by atoms with Gasteiger partial charge in [-0.25, -0.2) is 0 Å². The van der Waals surface area contributed by atoms with Crippen molar-refractivity contribution in [3.63, 3.8) is 0 Å². The van der Waals surface area contributed by atoms with Crippen LogP contribution in [0.2, 0.25) is 0 Å². The third kappa shape index (κ3) is 2.50. The zero-order valence-electron chi connectivity index (χ0n) is 10.3. The lowest BCUT2D eigenvalue weighted by Crippen LogP contribution is -2.44. The van der Waals surface area contributed by atoms with Gasteiger partial charge in [-0.3, -0.25) is 4.79 Å². The molecule has 2 rings (SSSR count). The van der Waals surface area contributed by atoms with E-state index >= 15 is 0 Å². The van der Waals surface area contributed by atoms with Crippen LogP contribution in [0.4, 0.5) is 0 Å². The topological polar surface area (TPSA) is 49.3 Å². The molecule has 2 N–H and O–H groups in total. The van der Waals surface area contributed by atoms with Crippen LogP contribution < -0.4 is 5.32 Å². The molecule has 0 heterocycles. The molecule has 1 aliphatic carbocycles. The maximum absolute atomic E-state index is 11.0. The van der Waals surface area contributed by atoms with Crippen molar-refractivity contribution in [2.24, 2.45) is 5.92 Å². The van der Waals surface area contributed by atoms with E-state index in [1.165, 1.54) is 11.1 Å². The summed E-state index contributed by atoms with van der Waals surface area (Å²) >= 11 is 0. The number of aliphatic carboxylic acids is 1. The maximum Gasteiger partial charge on any atom is 0.320 e. The lowest BCUT2D eigenvalue weighted by atomic mass is 9.77. The fraction of sp³-hybridized carbons (Fsp3) is 0.500. The molecule has 3 heteroatoms. The molecule has 2 unspecified atom stereocenters. The van der Waals surface area contributed by atoms with Gasteiger partial charge < -0.3 is 10.4 Å². The van der Waals surface area contributed by atoms with Gasteiger partial charge in [-0.05, 0) is 23.5 Å². The highest BCUT2D eigenvalue weighted by atomic mass is 16.4. The number of nitrogens with one attached hydrogen (secondary N) is 1. The number of carboxylic acid groups (broad SMARTS) is 1. The van der Waals surface area contributed by atoms with Gasteiger partial charge in [0.05, 0.1) is 0 Å². The molecule has 3 nitrogen and oxygen atoms in total. The van der Waals surface area contributed by atoms with E-state index in [-0.39, 0.29) is 5.92 Å². The van der Waals surface area contributed by atoms with E-state index in [4.69, 9.17) is 5.11 Å². The number of rotatable bonds is 5. The van der Waals surface area contributed by atoms with Crippen molar-refractivity contribution in [3.05, 3.63) is 35.4 Å². The van der Waals surface area contributed by atoms with Crippen LogP contribution in [0.3, 0.4) is 0 Å². The van der Waals surface area contributed by atoms with Gasteiger partial charge in [-0.2, -0.15) is 0 Å². The Bertz CT molecular complexity index is 414. The van der Waals surface area contributed by atoms with Crippen LogP contribution in [0.1, 0.15) is 30.9 Å². The van der Waals surface area contributed by atoms with Crippen LogP contribution in [-0.4, -0.2) is 23.7 Å². The van der Waals surface area contributed by atoms with Crippen molar-refractivity contribution in [2.75, 3.05) is 6.54 Å². The Hall–Kier alpha value is -1.35. The van der Waals surface area contributed by atoms with Gasteiger partial charge in [-0.15, -0.1) is 0 Å². The van der Waals surface area contributed by atoms with Crippen molar-refractivity contribution in [3.8, 4) is 0 Å². The minimum absolute atomic E-state index is 0.114. The van der Waals surface area contributed by atoms with Crippen LogP contribution in [0, 0.1) is 5.92 Å². The Kier molecular flexibility index (Phi) is 3.48. The number of fused-ring (bicyclic) bond motifs is 1. The Balaban J connectivity index is 1.90. The highest BCUT2D eigenvalue weighted by Crippen LogP contribution is 2.34. The minimum atomic E-state index is -0.757. The molecule has 0 radical (unpaired) electrons. The second kappa shape index (κ2) is 4.88. The second-order valence-electron chi connectivity index (χ2n) is 5.07. The predicted octanol–water partition coefficient (Wildman–Crippen LogP) is 2.03. The Morgan fingerprint density at radius 1 is 1.47 bits per heavy atom. The quantitative estimate of drug-likeness (QED) is 0.818. The Morgan fingerprint density at radius 2 is 2.18 bits per heavy atom. The lowest BCUT2D eigenvalue weighted by molar-refractivity contribution is -0.140. The molecule has 0 bridgehead atoms. The summed E-state index contributed by atoms with van der Waals surface area (Å²) in [4.78, 5) is 11.0. The molecule has 1 aliphatic rings. The van der Waals surface area contributed by atoms with Crippen LogP contribution >= 0.6 is 0 Å². The molecular weight excluding hydrogens is 214 g/mol. The molecule has 0 saturated heterocycles. The molecule has 0 aliphatic heterocycles. The molecular formula is C14H19NO2. The smallest absolute Gasteiger partial charge is 0.320 e. The van der Waals surface area contributed by atoms with Crippen molar-refractivity contribution >= 4 is 5.97 Å². The van der Waals surface area contributed by atoms with Crippen molar-refractivity contribution < 1.29 is 9.90 Å². The van der Waals surface area contributed by atoms with Gasteiger partial charge in [0.2, 0.25) is 0 Å². The van der Waals surface area contributed by atoms with E-state index in [2.05, 4.69) is 23.5 Å². The third-order valence-electron chi connectivity index (χ3n) is 3.48. The van der Waals surface area contributed by atoms with E-state index < -0.39 is 12.0 Å². The molecule has 92 valence electrons. The van der Waals surface area contributed by atoms with E-state index in [9.17, 15) is 4.79 Å². The summed E-state index contributed by atoms with van der Waals surface area (Å²) in [5.41, 5.74) is 2.77. The van der Waals surface area contributed by atoms with Crippen LogP contribution in [0.5, 0.6) is 0 Å². The average molecular weight is 233 g/mol. The summed E-state index contributed by atoms with van der Waals surface area (Å²) in [5, 5.41) is 12.2. The fourth-order valence-electron chi connectivity index (χ4n) is 2.42. The Labute approximate surface area is 102 Å². The summed E-state index contributed by atoms with van der Waals surface area (Å²) < 4.78 is 0. The van der Waals surface area contributed by atoms with Crippen molar-refractivity contribution in [1.29, 1.82) is 0 Å². The first kappa shape index (κ1) is 12.1. The van der Waals surface area contributed by atoms with E-state index in [0.717, 1.165) is 13.0 Å². The van der Waals surface area contributed by atoms with Crippen LogP contribution in [-0.2, 0) is 11.2 Å². The highest BCUT2D eigenvalue weighted by Gasteiger charge is 2.28. The summed E-state index contributed by atoms with van der Waals surface area (Å²) in [6.07, 6.45) is 1.06. The first-order chi connectivity index (χ1) is 8.09. The molecule has 0 spiro atoms. The maximum atomic E-state index is 11.0. The minimum Gasteiger partial charge on any atom is -0.480 e. The van der Waals surface area contributed by atoms with Gasteiger partial charge in [0.1, 0.15) is 6.04 Å². The van der Waals surface area contributed by atoms with Gasteiger partial charge in [0.15, 0.2) is 0 Å². The molecule has 0 fully saturated rings. The summed E-state index contributed by atoms with van der Waals surface area (Å²) in [6.45, 7) is 4.62. The summed E-state index contributed by atoms with van der Waals surface area (Å²) in [6, 6.07) is 7.93. The normalized spacial score (nSPS) is 19.6. The van der Waals surface area contributed by atoms with Crippen LogP contribution in [0.25, 0.3) is 0 Å². The summed E-state index contributed by atoms with van der Waals surface area (Å²) in [7, 11) is 0. The number of benzene rings is 1. The van der Waals surface area contributed by atoms with Crippen molar-refractivity contribution in [1.82, 2.24) is 5.32 Å². The van der Waals surface area contributed by atoms with Gasteiger partial charge in [-0.1, -0.05) is 38.1 Å². The molecule has 1 aromatic rings. The van der Waals surface area contributed by atoms with Gasteiger partial charge in [0, 0.05) is 12.5 Å². The molecule has 0 aromatic heterocycles. The molecule has 2 atom stereocenters. The number of hydrogen-bond acceptors (Lipinski definition) is 2. The number of carbonyl (C=O) groups is 1. The molecule has 0 saturated carbocycles. The van der Waals surface area contributed by atoms with Crippen LogP contribution in [0.15, 0.2) is 24.3 Å². The molecule has 0 amide bonds. The number of carboxylic acids is 1. The largest absolute Gasteiger partial charge is 0.480 e. The molecule has 17 heavy (non-hydrogen) atoms. The third-order valence-corrected chi connectivity index (χ3v) is 3.48.